The lowest BCUT2D eigenvalue weighted by Crippen LogP contribution is -2.44. The molecule has 6 heteroatoms. The number of hydrogen-bond donors (Lipinski definition) is 1. The molecule has 1 aromatic heterocycles. The fraction of sp³-hybridized carbons (Fsp3) is 0.227. The first-order valence-electron chi connectivity index (χ1n) is 9.19. The molecular weight excluding hydrogens is 360 g/mol. The molecule has 0 spiro atoms. The standard InChI is InChI=1S/C22H21F2N3O/c1-14-5-7-17(12-15(14)2)25-22(28)27-11-10-26-9-3-4-20(26)21(27)16-6-8-18(23)19(24)13-16/h3-9,12-13,21H,10-11H2,1-2H3,(H,25,28)/t21-/m1/s1. The van der Waals surface area contributed by atoms with Gasteiger partial charge in [-0.2, -0.15) is 0 Å². The Morgan fingerprint density at radius 3 is 2.57 bits per heavy atom. The normalized spacial score (nSPS) is 16.0. The lowest BCUT2D eigenvalue weighted by atomic mass is 10.00. The molecule has 0 radical (unpaired) electrons. The van der Waals surface area contributed by atoms with Gasteiger partial charge in [0.15, 0.2) is 11.6 Å². The number of fused-ring (bicyclic) bond motifs is 1. The molecule has 1 aliphatic heterocycles. The van der Waals surface area contributed by atoms with E-state index < -0.39 is 17.7 Å². The predicted octanol–water partition coefficient (Wildman–Crippen LogP) is 5.02. The minimum Gasteiger partial charge on any atom is -0.348 e. The Morgan fingerprint density at radius 2 is 1.82 bits per heavy atom. The van der Waals surface area contributed by atoms with Crippen molar-refractivity contribution in [2.75, 3.05) is 11.9 Å². The summed E-state index contributed by atoms with van der Waals surface area (Å²) in [7, 11) is 0. The van der Waals surface area contributed by atoms with Crippen LogP contribution in [0, 0.1) is 25.5 Å². The number of aromatic nitrogens is 1. The molecular formula is C22H21F2N3O. The van der Waals surface area contributed by atoms with E-state index in [0.29, 0.717) is 24.3 Å². The van der Waals surface area contributed by atoms with Crippen molar-refractivity contribution in [3.63, 3.8) is 0 Å². The summed E-state index contributed by atoms with van der Waals surface area (Å²) in [5.74, 6) is -1.82. The summed E-state index contributed by atoms with van der Waals surface area (Å²) in [4.78, 5) is 14.7. The maximum absolute atomic E-state index is 13.9. The highest BCUT2D eigenvalue weighted by molar-refractivity contribution is 5.90. The second kappa shape index (κ2) is 7.11. The molecule has 1 N–H and O–H groups in total. The summed E-state index contributed by atoms with van der Waals surface area (Å²) >= 11 is 0. The number of nitrogens with one attached hydrogen (secondary N) is 1. The Balaban J connectivity index is 1.68. The van der Waals surface area contributed by atoms with E-state index in [4.69, 9.17) is 0 Å². The van der Waals surface area contributed by atoms with Crippen LogP contribution >= 0.6 is 0 Å². The first-order valence-corrected chi connectivity index (χ1v) is 9.19. The first kappa shape index (κ1) is 18.2. The van der Waals surface area contributed by atoms with Gasteiger partial charge in [-0.25, -0.2) is 13.6 Å². The zero-order chi connectivity index (χ0) is 19.8. The van der Waals surface area contributed by atoms with Gasteiger partial charge in [0, 0.05) is 30.7 Å². The van der Waals surface area contributed by atoms with Gasteiger partial charge in [-0.1, -0.05) is 12.1 Å². The number of aryl methyl sites for hydroxylation is 2. The predicted molar refractivity (Wildman–Crippen MR) is 104 cm³/mol. The molecule has 0 fully saturated rings. The molecule has 144 valence electrons. The van der Waals surface area contributed by atoms with E-state index in [-0.39, 0.29) is 6.03 Å². The van der Waals surface area contributed by atoms with Crippen LogP contribution in [-0.2, 0) is 6.54 Å². The highest BCUT2D eigenvalue weighted by Crippen LogP contribution is 2.33. The van der Waals surface area contributed by atoms with Crippen LogP contribution in [0.2, 0.25) is 0 Å². The van der Waals surface area contributed by atoms with Crippen molar-refractivity contribution in [3.8, 4) is 0 Å². The third-order valence-electron chi connectivity index (χ3n) is 5.32. The topological polar surface area (TPSA) is 37.3 Å². The van der Waals surface area contributed by atoms with Gasteiger partial charge in [-0.3, -0.25) is 0 Å². The minimum absolute atomic E-state index is 0.273. The molecule has 0 aliphatic carbocycles. The maximum Gasteiger partial charge on any atom is 0.322 e. The Kier molecular flexibility index (Phi) is 4.63. The van der Waals surface area contributed by atoms with Crippen LogP contribution in [-0.4, -0.2) is 22.0 Å². The van der Waals surface area contributed by atoms with Crippen molar-refractivity contribution in [2.24, 2.45) is 0 Å². The number of rotatable bonds is 2. The highest BCUT2D eigenvalue weighted by Gasteiger charge is 2.32. The zero-order valence-electron chi connectivity index (χ0n) is 15.7. The SMILES string of the molecule is Cc1ccc(NC(=O)N2CCn3cccc3[C@H]2c2ccc(F)c(F)c2)cc1C. The van der Waals surface area contributed by atoms with Gasteiger partial charge in [0.25, 0.3) is 0 Å². The summed E-state index contributed by atoms with van der Waals surface area (Å²) in [5, 5.41) is 2.94. The largest absolute Gasteiger partial charge is 0.348 e. The summed E-state index contributed by atoms with van der Waals surface area (Å²) in [6.45, 7) is 5.10. The monoisotopic (exact) mass is 381 g/mol. The Hall–Kier alpha value is -3.15. The Bertz CT molecular complexity index is 1040. The van der Waals surface area contributed by atoms with E-state index in [1.807, 2.05) is 54.9 Å². The van der Waals surface area contributed by atoms with Gasteiger partial charge in [0.2, 0.25) is 0 Å². The van der Waals surface area contributed by atoms with E-state index in [1.54, 1.807) is 4.90 Å². The number of amides is 2. The van der Waals surface area contributed by atoms with E-state index in [9.17, 15) is 13.6 Å². The van der Waals surface area contributed by atoms with Crippen molar-refractivity contribution >= 4 is 11.7 Å². The lowest BCUT2D eigenvalue weighted by Gasteiger charge is -2.37. The second-order valence-corrected chi connectivity index (χ2v) is 7.13. The fourth-order valence-corrected chi connectivity index (χ4v) is 3.65. The van der Waals surface area contributed by atoms with Gasteiger partial charge >= 0.3 is 6.03 Å². The number of nitrogens with zero attached hydrogens (tertiary/aromatic N) is 2. The molecule has 2 amide bonds. The number of halogens is 2. The zero-order valence-corrected chi connectivity index (χ0v) is 15.7. The minimum atomic E-state index is -0.921. The average molecular weight is 381 g/mol. The maximum atomic E-state index is 13.9. The van der Waals surface area contributed by atoms with E-state index >= 15 is 0 Å². The smallest absolute Gasteiger partial charge is 0.322 e. The van der Waals surface area contributed by atoms with Crippen LogP contribution in [0.15, 0.2) is 54.7 Å². The van der Waals surface area contributed by atoms with Crippen molar-refractivity contribution in [1.82, 2.24) is 9.47 Å². The van der Waals surface area contributed by atoms with E-state index in [0.717, 1.165) is 22.9 Å². The van der Waals surface area contributed by atoms with Crippen molar-refractivity contribution in [2.45, 2.75) is 26.4 Å². The quantitative estimate of drug-likeness (QED) is 0.665. The molecule has 3 aromatic rings. The van der Waals surface area contributed by atoms with Crippen molar-refractivity contribution in [3.05, 3.63) is 88.7 Å². The van der Waals surface area contributed by atoms with E-state index in [2.05, 4.69) is 5.32 Å². The molecule has 4 nitrogen and oxygen atoms in total. The van der Waals surface area contributed by atoms with Crippen LogP contribution < -0.4 is 5.32 Å². The third-order valence-corrected chi connectivity index (χ3v) is 5.32. The number of benzene rings is 2. The van der Waals surface area contributed by atoms with Gasteiger partial charge < -0.3 is 14.8 Å². The van der Waals surface area contributed by atoms with Crippen LogP contribution in [0.25, 0.3) is 0 Å². The molecule has 0 bridgehead atoms. The highest BCUT2D eigenvalue weighted by atomic mass is 19.2. The summed E-state index contributed by atoms with van der Waals surface area (Å²) in [6, 6.07) is 12.6. The van der Waals surface area contributed by atoms with E-state index in [1.165, 1.54) is 12.1 Å². The second-order valence-electron chi connectivity index (χ2n) is 7.13. The molecule has 28 heavy (non-hydrogen) atoms. The summed E-state index contributed by atoms with van der Waals surface area (Å²) in [5.41, 5.74) is 4.34. The molecule has 4 rings (SSSR count). The van der Waals surface area contributed by atoms with Crippen molar-refractivity contribution in [1.29, 1.82) is 0 Å². The molecule has 1 atom stereocenters. The van der Waals surface area contributed by atoms with Gasteiger partial charge in [0.1, 0.15) is 0 Å². The van der Waals surface area contributed by atoms with Crippen LogP contribution in [0.3, 0.4) is 0 Å². The number of carbonyl (C=O) groups excluding carboxylic acids is 1. The molecule has 0 unspecified atom stereocenters. The molecule has 1 aliphatic rings. The van der Waals surface area contributed by atoms with Gasteiger partial charge in [-0.15, -0.1) is 0 Å². The molecule has 0 saturated carbocycles. The van der Waals surface area contributed by atoms with Crippen LogP contribution in [0.1, 0.15) is 28.4 Å². The fourth-order valence-electron chi connectivity index (χ4n) is 3.65. The summed E-state index contributed by atoms with van der Waals surface area (Å²) in [6.07, 6.45) is 1.93. The number of anilines is 1. The van der Waals surface area contributed by atoms with Gasteiger partial charge in [0.05, 0.1) is 6.04 Å². The molecule has 2 aromatic carbocycles. The first-order chi connectivity index (χ1) is 13.4. The number of hydrogen-bond acceptors (Lipinski definition) is 1. The van der Waals surface area contributed by atoms with Crippen molar-refractivity contribution < 1.29 is 13.6 Å². The van der Waals surface area contributed by atoms with Gasteiger partial charge in [-0.05, 0) is 66.9 Å². The lowest BCUT2D eigenvalue weighted by molar-refractivity contribution is 0.181. The third kappa shape index (κ3) is 3.26. The molecule has 2 heterocycles. The van der Waals surface area contributed by atoms with Crippen LogP contribution in [0.5, 0.6) is 0 Å². The number of urea groups is 1. The van der Waals surface area contributed by atoms with Crippen LogP contribution in [0.4, 0.5) is 19.3 Å². The summed E-state index contributed by atoms with van der Waals surface area (Å²) < 4.78 is 29.4. The Morgan fingerprint density at radius 1 is 1.00 bits per heavy atom. The molecule has 0 saturated heterocycles. The Labute approximate surface area is 162 Å². The average Bonchev–Trinajstić information content (AvgIpc) is 3.15. The number of carbonyl (C=O) groups is 1.